The van der Waals surface area contributed by atoms with Crippen molar-refractivity contribution in [1.29, 1.82) is 0 Å². The van der Waals surface area contributed by atoms with Gasteiger partial charge in [-0.05, 0) is 29.8 Å². The summed E-state index contributed by atoms with van der Waals surface area (Å²) in [7, 11) is 1.28. The van der Waals surface area contributed by atoms with Gasteiger partial charge in [-0.1, -0.05) is 41.4 Å². The molecule has 3 N–H and O–H groups in total. The Balaban J connectivity index is 1.65. The molecule has 1 saturated heterocycles. The number of amides is 2. The standard InChI is InChI=1S/C21H21Cl2N3O4S/c1-30-21(29)16(26-19(27)17-10-31-11-24-17)9-12-5-7-13(8-6-12)25-20(28)18-14(22)3-2-4-15(18)23/h2-8,16-17,24H,9-11H2,1H3,(H,25,28)(H,26,27)/t16-,17+/m0/s1. The van der Waals surface area contributed by atoms with Crippen LogP contribution in [-0.2, 0) is 20.7 Å². The van der Waals surface area contributed by atoms with Gasteiger partial charge >= 0.3 is 5.97 Å². The number of carbonyl (C=O) groups is 3. The lowest BCUT2D eigenvalue weighted by Gasteiger charge is -2.19. The van der Waals surface area contributed by atoms with Crippen molar-refractivity contribution in [3.8, 4) is 0 Å². The van der Waals surface area contributed by atoms with Crippen molar-refractivity contribution in [2.45, 2.75) is 18.5 Å². The molecule has 10 heteroatoms. The Morgan fingerprint density at radius 1 is 1.16 bits per heavy atom. The number of thioether (sulfide) groups is 1. The highest BCUT2D eigenvalue weighted by Crippen LogP contribution is 2.25. The second-order valence-electron chi connectivity index (χ2n) is 6.81. The maximum Gasteiger partial charge on any atom is 0.328 e. The Morgan fingerprint density at radius 3 is 2.42 bits per heavy atom. The number of methoxy groups -OCH3 is 1. The monoisotopic (exact) mass is 481 g/mol. The van der Waals surface area contributed by atoms with Gasteiger partial charge in [0.15, 0.2) is 0 Å². The molecule has 1 aliphatic heterocycles. The zero-order valence-corrected chi connectivity index (χ0v) is 18.9. The molecule has 2 aromatic carbocycles. The van der Waals surface area contributed by atoms with Crippen LogP contribution in [0, 0.1) is 0 Å². The van der Waals surface area contributed by atoms with Crippen molar-refractivity contribution in [3.05, 3.63) is 63.6 Å². The van der Waals surface area contributed by atoms with Crippen LogP contribution >= 0.6 is 35.0 Å². The summed E-state index contributed by atoms with van der Waals surface area (Å²) in [5.41, 5.74) is 1.52. The summed E-state index contributed by atoms with van der Waals surface area (Å²) in [4.78, 5) is 37.0. The molecule has 0 spiro atoms. The van der Waals surface area contributed by atoms with Gasteiger partial charge in [0.1, 0.15) is 6.04 Å². The minimum absolute atomic E-state index is 0.196. The molecule has 2 atom stereocenters. The number of benzene rings is 2. The maximum atomic E-state index is 12.5. The molecule has 2 amide bonds. The van der Waals surface area contributed by atoms with Crippen LogP contribution in [0.1, 0.15) is 15.9 Å². The van der Waals surface area contributed by atoms with E-state index in [1.165, 1.54) is 7.11 Å². The molecule has 0 aliphatic carbocycles. The summed E-state index contributed by atoms with van der Waals surface area (Å²) in [6, 6.07) is 10.6. The molecule has 0 bridgehead atoms. The van der Waals surface area contributed by atoms with E-state index in [9.17, 15) is 14.4 Å². The Bertz CT molecular complexity index is 945. The normalized spacial score (nSPS) is 16.4. The summed E-state index contributed by atoms with van der Waals surface area (Å²) in [5, 5.41) is 9.08. The molecular formula is C21H21Cl2N3O4S. The number of hydrogen-bond donors (Lipinski definition) is 3. The number of ether oxygens (including phenoxy) is 1. The second kappa shape index (κ2) is 10.9. The third-order valence-electron chi connectivity index (χ3n) is 4.68. The van der Waals surface area contributed by atoms with Gasteiger partial charge in [0.25, 0.3) is 5.91 Å². The highest BCUT2D eigenvalue weighted by Gasteiger charge is 2.28. The molecule has 0 saturated carbocycles. The zero-order chi connectivity index (χ0) is 22.4. The quantitative estimate of drug-likeness (QED) is 0.525. The van der Waals surface area contributed by atoms with E-state index in [2.05, 4.69) is 16.0 Å². The smallest absolute Gasteiger partial charge is 0.328 e. The number of nitrogens with one attached hydrogen (secondary N) is 3. The number of hydrogen-bond acceptors (Lipinski definition) is 6. The van der Waals surface area contributed by atoms with E-state index in [4.69, 9.17) is 27.9 Å². The lowest BCUT2D eigenvalue weighted by atomic mass is 10.0. The zero-order valence-electron chi connectivity index (χ0n) is 16.6. The fourth-order valence-electron chi connectivity index (χ4n) is 3.04. The van der Waals surface area contributed by atoms with Crippen LogP contribution in [0.15, 0.2) is 42.5 Å². The Hall–Kier alpha value is -2.26. The average Bonchev–Trinajstić information content (AvgIpc) is 3.29. The Kier molecular flexibility index (Phi) is 8.20. The van der Waals surface area contributed by atoms with Crippen LogP contribution in [0.3, 0.4) is 0 Å². The molecule has 0 unspecified atom stereocenters. The number of anilines is 1. The largest absolute Gasteiger partial charge is 0.467 e. The molecule has 164 valence electrons. The van der Waals surface area contributed by atoms with Crippen molar-refractivity contribution in [2.24, 2.45) is 0 Å². The predicted molar refractivity (Wildman–Crippen MR) is 123 cm³/mol. The van der Waals surface area contributed by atoms with Gasteiger partial charge in [-0.3, -0.25) is 14.9 Å². The summed E-state index contributed by atoms with van der Waals surface area (Å²) in [6.07, 6.45) is 0.253. The third kappa shape index (κ3) is 6.13. The number of carbonyl (C=O) groups excluding carboxylic acids is 3. The van der Waals surface area contributed by atoms with Crippen molar-refractivity contribution in [2.75, 3.05) is 24.1 Å². The van der Waals surface area contributed by atoms with E-state index in [1.807, 2.05) is 0 Å². The molecule has 1 heterocycles. The maximum absolute atomic E-state index is 12.5. The van der Waals surface area contributed by atoms with Crippen molar-refractivity contribution in [3.63, 3.8) is 0 Å². The lowest BCUT2D eigenvalue weighted by Crippen LogP contribution is -2.50. The van der Waals surface area contributed by atoms with Crippen LogP contribution in [0.4, 0.5) is 5.69 Å². The van der Waals surface area contributed by atoms with Gasteiger partial charge in [0, 0.05) is 23.7 Å². The molecule has 31 heavy (non-hydrogen) atoms. The molecule has 2 aromatic rings. The van der Waals surface area contributed by atoms with Gasteiger partial charge < -0.3 is 15.4 Å². The SMILES string of the molecule is COC(=O)[C@H](Cc1ccc(NC(=O)c2c(Cl)cccc2Cl)cc1)NC(=O)[C@H]1CSCN1. The number of rotatable bonds is 7. The molecular weight excluding hydrogens is 461 g/mol. The van der Waals surface area contributed by atoms with E-state index in [0.29, 0.717) is 17.3 Å². The fourth-order valence-corrected chi connectivity index (χ4v) is 4.55. The van der Waals surface area contributed by atoms with Crippen molar-refractivity contribution < 1.29 is 19.1 Å². The first kappa shape index (κ1) is 23.4. The summed E-state index contributed by atoms with van der Waals surface area (Å²) < 4.78 is 4.83. The van der Waals surface area contributed by atoms with Crippen LogP contribution in [0.5, 0.6) is 0 Å². The molecule has 0 radical (unpaired) electrons. The van der Waals surface area contributed by atoms with Gasteiger partial charge in [-0.2, -0.15) is 0 Å². The first-order valence-corrected chi connectivity index (χ1v) is 11.3. The van der Waals surface area contributed by atoms with Gasteiger partial charge in [0.05, 0.1) is 28.8 Å². The number of halogens is 2. The first-order chi connectivity index (χ1) is 14.9. The van der Waals surface area contributed by atoms with Crippen LogP contribution in [0.25, 0.3) is 0 Å². The Labute approximate surface area is 194 Å². The summed E-state index contributed by atoms with van der Waals surface area (Å²) in [5.74, 6) is 0.174. The van der Waals surface area contributed by atoms with Crippen LogP contribution in [-0.4, -0.2) is 48.6 Å². The van der Waals surface area contributed by atoms with Crippen molar-refractivity contribution >= 4 is 58.4 Å². The molecule has 7 nitrogen and oxygen atoms in total. The third-order valence-corrected chi connectivity index (χ3v) is 6.25. The van der Waals surface area contributed by atoms with E-state index in [-0.39, 0.29) is 34.0 Å². The topological polar surface area (TPSA) is 96.5 Å². The molecule has 1 fully saturated rings. The minimum Gasteiger partial charge on any atom is -0.467 e. The van der Waals surface area contributed by atoms with E-state index >= 15 is 0 Å². The number of esters is 1. The lowest BCUT2D eigenvalue weighted by molar-refractivity contribution is -0.145. The van der Waals surface area contributed by atoms with E-state index < -0.39 is 17.9 Å². The summed E-state index contributed by atoms with van der Waals surface area (Å²) in [6.45, 7) is 0. The van der Waals surface area contributed by atoms with Gasteiger partial charge in [0.2, 0.25) is 5.91 Å². The first-order valence-electron chi connectivity index (χ1n) is 9.42. The van der Waals surface area contributed by atoms with Crippen molar-refractivity contribution in [1.82, 2.24) is 10.6 Å². The summed E-state index contributed by atoms with van der Waals surface area (Å²) >= 11 is 13.8. The average molecular weight is 482 g/mol. The molecule has 0 aromatic heterocycles. The Morgan fingerprint density at radius 2 is 1.84 bits per heavy atom. The van der Waals surface area contributed by atoms with Crippen LogP contribution in [0.2, 0.25) is 10.0 Å². The minimum atomic E-state index is -0.813. The van der Waals surface area contributed by atoms with E-state index in [0.717, 1.165) is 5.56 Å². The highest BCUT2D eigenvalue weighted by atomic mass is 35.5. The second-order valence-corrected chi connectivity index (χ2v) is 8.65. The predicted octanol–water partition coefficient (Wildman–Crippen LogP) is 3.11. The van der Waals surface area contributed by atoms with Gasteiger partial charge in [-0.25, -0.2) is 4.79 Å². The van der Waals surface area contributed by atoms with E-state index in [1.54, 1.807) is 54.2 Å². The fraction of sp³-hybridized carbons (Fsp3) is 0.286. The van der Waals surface area contributed by atoms with Gasteiger partial charge in [-0.15, -0.1) is 11.8 Å². The molecule has 3 rings (SSSR count). The van der Waals surface area contributed by atoms with Crippen LogP contribution < -0.4 is 16.0 Å². The highest BCUT2D eigenvalue weighted by molar-refractivity contribution is 7.99. The molecule has 1 aliphatic rings.